The molecular formula is C17H23N3O. The summed E-state index contributed by atoms with van der Waals surface area (Å²) in [6, 6.07) is 8.58. The number of benzene rings is 1. The quantitative estimate of drug-likeness (QED) is 0.937. The molecule has 112 valence electrons. The summed E-state index contributed by atoms with van der Waals surface area (Å²) in [4.78, 5) is 12.1. The molecule has 1 aliphatic carbocycles. The van der Waals surface area contributed by atoms with Crippen LogP contribution in [-0.2, 0) is 11.3 Å². The van der Waals surface area contributed by atoms with E-state index in [1.54, 1.807) is 0 Å². The van der Waals surface area contributed by atoms with Crippen LogP contribution < -0.4 is 5.32 Å². The Balaban J connectivity index is 1.59. The zero-order valence-corrected chi connectivity index (χ0v) is 12.6. The maximum atomic E-state index is 12.1. The third-order valence-corrected chi connectivity index (χ3v) is 4.36. The molecule has 1 aromatic carbocycles. The van der Waals surface area contributed by atoms with Crippen LogP contribution in [0.3, 0.4) is 0 Å². The van der Waals surface area contributed by atoms with Crippen molar-refractivity contribution >= 4 is 16.8 Å². The summed E-state index contributed by atoms with van der Waals surface area (Å²) in [5.41, 5.74) is 2.14. The average molecular weight is 285 g/mol. The zero-order chi connectivity index (χ0) is 14.7. The number of rotatable bonds is 4. The molecule has 4 nitrogen and oxygen atoms in total. The van der Waals surface area contributed by atoms with Gasteiger partial charge < -0.3 is 5.32 Å². The van der Waals surface area contributed by atoms with E-state index in [-0.39, 0.29) is 5.91 Å². The summed E-state index contributed by atoms with van der Waals surface area (Å²) in [7, 11) is 0. The topological polar surface area (TPSA) is 46.9 Å². The van der Waals surface area contributed by atoms with Gasteiger partial charge in [-0.2, -0.15) is 5.10 Å². The van der Waals surface area contributed by atoms with Gasteiger partial charge in [0.15, 0.2) is 0 Å². The highest BCUT2D eigenvalue weighted by Gasteiger charge is 2.16. The second-order valence-corrected chi connectivity index (χ2v) is 5.98. The van der Waals surface area contributed by atoms with Crippen LogP contribution in [0.15, 0.2) is 24.3 Å². The van der Waals surface area contributed by atoms with Crippen molar-refractivity contribution in [2.24, 2.45) is 0 Å². The number of fused-ring (bicyclic) bond motifs is 1. The van der Waals surface area contributed by atoms with E-state index in [9.17, 15) is 4.79 Å². The Hall–Kier alpha value is -1.84. The maximum Gasteiger partial charge on any atom is 0.222 e. The van der Waals surface area contributed by atoms with Crippen molar-refractivity contribution < 1.29 is 4.79 Å². The van der Waals surface area contributed by atoms with Crippen molar-refractivity contribution in [2.75, 3.05) is 0 Å². The molecule has 0 atom stereocenters. The van der Waals surface area contributed by atoms with Crippen LogP contribution in [0.25, 0.3) is 10.9 Å². The van der Waals surface area contributed by atoms with Crippen molar-refractivity contribution in [1.29, 1.82) is 0 Å². The first-order valence-corrected chi connectivity index (χ1v) is 7.95. The van der Waals surface area contributed by atoms with Crippen LogP contribution in [0, 0.1) is 6.92 Å². The number of para-hydroxylation sites is 1. The van der Waals surface area contributed by atoms with Crippen molar-refractivity contribution in [3.8, 4) is 0 Å². The SMILES string of the molecule is Cc1nn(CCC(=O)NC2CCCCC2)c2ccccc12. The van der Waals surface area contributed by atoms with E-state index in [0.29, 0.717) is 19.0 Å². The molecule has 4 heteroatoms. The Bertz CT molecular complexity index is 626. The zero-order valence-electron chi connectivity index (χ0n) is 12.6. The standard InChI is InChI=1S/C17H23N3O/c1-13-15-9-5-6-10-16(15)20(19-13)12-11-17(21)18-14-7-3-2-4-8-14/h5-6,9-10,14H,2-4,7-8,11-12H2,1H3,(H,18,21). The minimum Gasteiger partial charge on any atom is -0.353 e. The monoisotopic (exact) mass is 285 g/mol. The normalized spacial score (nSPS) is 16.2. The fourth-order valence-electron chi connectivity index (χ4n) is 3.22. The first kappa shape index (κ1) is 14.1. The van der Waals surface area contributed by atoms with E-state index in [2.05, 4.69) is 22.5 Å². The number of carbonyl (C=O) groups is 1. The lowest BCUT2D eigenvalue weighted by atomic mass is 9.95. The summed E-state index contributed by atoms with van der Waals surface area (Å²) < 4.78 is 1.95. The smallest absolute Gasteiger partial charge is 0.222 e. The molecule has 0 saturated heterocycles. The number of aromatic nitrogens is 2. The molecule has 1 amide bonds. The number of nitrogens with zero attached hydrogens (tertiary/aromatic N) is 2. The maximum absolute atomic E-state index is 12.1. The van der Waals surface area contributed by atoms with Crippen molar-refractivity contribution in [2.45, 2.75) is 58.0 Å². The molecule has 1 heterocycles. The number of hydrogen-bond acceptors (Lipinski definition) is 2. The van der Waals surface area contributed by atoms with Gasteiger partial charge in [-0.25, -0.2) is 0 Å². The van der Waals surface area contributed by atoms with Gasteiger partial charge in [0.05, 0.1) is 17.8 Å². The van der Waals surface area contributed by atoms with Crippen LogP contribution in [0.4, 0.5) is 0 Å². The number of amides is 1. The first-order chi connectivity index (χ1) is 10.2. The third kappa shape index (κ3) is 3.26. The summed E-state index contributed by atoms with van der Waals surface area (Å²) in [6.45, 7) is 2.66. The average Bonchev–Trinajstić information content (AvgIpc) is 2.83. The molecule has 1 fully saturated rings. The van der Waals surface area contributed by atoms with E-state index in [1.807, 2.05) is 23.7 Å². The van der Waals surface area contributed by atoms with E-state index in [1.165, 1.54) is 24.6 Å². The lowest BCUT2D eigenvalue weighted by molar-refractivity contribution is -0.122. The summed E-state index contributed by atoms with van der Waals surface area (Å²) in [5.74, 6) is 0.152. The van der Waals surface area contributed by atoms with Crippen molar-refractivity contribution in [3.05, 3.63) is 30.0 Å². The van der Waals surface area contributed by atoms with Gasteiger partial charge in [-0.3, -0.25) is 9.48 Å². The summed E-state index contributed by atoms with van der Waals surface area (Å²) >= 11 is 0. The predicted molar refractivity (Wildman–Crippen MR) is 84.1 cm³/mol. The Morgan fingerprint density at radius 1 is 1.29 bits per heavy atom. The van der Waals surface area contributed by atoms with Gasteiger partial charge in [0.25, 0.3) is 0 Å². The van der Waals surface area contributed by atoms with Crippen molar-refractivity contribution in [1.82, 2.24) is 15.1 Å². The highest BCUT2D eigenvalue weighted by molar-refractivity contribution is 5.82. The number of hydrogen-bond donors (Lipinski definition) is 1. The van der Waals surface area contributed by atoms with Gasteiger partial charge in [-0.05, 0) is 25.8 Å². The minimum atomic E-state index is 0.152. The number of aryl methyl sites for hydroxylation is 2. The Kier molecular flexibility index (Phi) is 4.23. The molecule has 1 aliphatic rings. The lowest BCUT2D eigenvalue weighted by Gasteiger charge is -2.22. The molecule has 0 aliphatic heterocycles. The highest BCUT2D eigenvalue weighted by atomic mass is 16.1. The molecule has 2 aromatic rings. The molecule has 0 radical (unpaired) electrons. The highest BCUT2D eigenvalue weighted by Crippen LogP contribution is 2.19. The molecule has 3 rings (SSSR count). The van der Waals surface area contributed by atoms with Gasteiger partial charge in [-0.15, -0.1) is 0 Å². The lowest BCUT2D eigenvalue weighted by Crippen LogP contribution is -2.36. The minimum absolute atomic E-state index is 0.152. The summed E-state index contributed by atoms with van der Waals surface area (Å²) in [5, 5.41) is 8.88. The van der Waals surface area contributed by atoms with E-state index in [0.717, 1.165) is 24.1 Å². The molecule has 1 N–H and O–H groups in total. The third-order valence-electron chi connectivity index (χ3n) is 4.36. The van der Waals surface area contributed by atoms with E-state index >= 15 is 0 Å². The Labute approximate surface area is 125 Å². The molecule has 1 saturated carbocycles. The van der Waals surface area contributed by atoms with Crippen LogP contribution in [0.5, 0.6) is 0 Å². The molecule has 1 aromatic heterocycles. The van der Waals surface area contributed by atoms with Gasteiger partial charge >= 0.3 is 0 Å². The van der Waals surface area contributed by atoms with E-state index in [4.69, 9.17) is 0 Å². The van der Waals surface area contributed by atoms with Crippen LogP contribution in [-0.4, -0.2) is 21.7 Å². The fraction of sp³-hybridized carbons (Fsp3) is 0.529. The number of carbonyl (C=O) groups excluding carboxylic acids is 1. The predicted octanol–water partition coefficient (Wildman–Crippen LogP) is 3.18. The van der Waals surface area contributed by atoms with Gasteiger partial charge in [0.2, 0.25) is 5.91 Å². The molecule has 21 heavy (non-hydrogen) atoms. The van der Waals surface area contributed by atoms with Crippen molar-refractivity contribution in [3.63, 3.8) is 0 Å². The van der Waals surface area contributed by atoms with Gasteiger partial charge in [0, 0.05) is 17.8 Å². The van der Waals surface area contributed by atoms with Gasteiger partial charge in [0.1, 0.15) is 0 Å². The van der Waals surface area contributed by atoms with E-state index < -0.39 is 0 Å². The Morgan fingerprint density at radius 3 is 2.86 bits per heavy atom. The first-order valence-electron chi connectivity index (χ1n) is 7.95. The molecule has 0 spiro atoms. The van der Waals surface area contributed by atoms with Gasteiger partial charge in [-0.1, -0.05) is 37.5 Å². The van der Waals surface area contributed by atoms with Crippen LogP contribution in [0.1, 0.15) is 44.2 Å². The largest absolute Gasteiger partial charge is 0.353 e. The second-order valence-electron chi connectivity index (χ2n) is 5.98. The van der Waals surface area contributed by atoms with Crippen LogP contribution in [0.2, 0.25) is 0 Å². The molecule has 0 unspecified atom stereocenters. The molecular weight excluding hydrogens is 262 g/mol. The fourth-order valence-corrected chi connectivity index (χ4v) is 3.22. The summed E-state index contributed by atoms with van der Waals surface area (Å²) in [6.07, 6.45) is 6.57. The number of nitrogens with one attached hydrogen (secondary N) is 1. The molecule has 0 bridgehead atoms. The Morgan fingerprint density at radius 2 is 2.05 bits per heavy atom. The van der Waals surface area contributed by atoms with Crippen LogP contribution >= 0.6 is 0 Å². The second kappa shape index (κ2) is 6.29.